The lowest BCUT2D eigenvalue weighted by Gasteiger charge is -2.04. The molecular weight excluding hydrogens is 230 g/mol. The summed E-state index contributed by atoms with van der Waals surface area (Å²) >= 11 is 0. The van der Waals surface area contributed by atoms with E-state index in [1.54, 1.807) is 6.20 Å². The van der Waals surface area contributed by atoms with Gasteiger partial charge in [-0.1, -0.05) is 24.3 Å². The van der Waals surface area contributed by atoms with E-state index < -0.39 is 5.88 Å². The number of benzene rings is 1. The molecule has 18 heavy (non-hydrogen) atoms. The van der Waals surface area contributed by atoms with Crippen molar-refractivity contribution in [2.75, 3.05) is 0 Å². The Morgan fingerprint density at radius 2 is 1.78 bits per heavy atom. The molecule has 0 bridgehead atoms. The summed E-state index contributed by atoms with van der Waals surface area (Å²) in [6, 6.07) is 9.58. The van der Waals surface area contributed by atoms with Crippen LogP contribution in [-0.2, 0) is 0 Å². The van der Waals surface area contributed by atoms with Gasteiger partial charge in [0.25, 0.3) is 5.88 Å². The lowest BCUT2D eigenvalue weighted by molar-refractivity contribution is 0.386. The zero-order valence-electron chi connectivity index (χ0n) is 9.28. The minimum atomic E-state index is -0.449. The minimum Gasteiger partial charge on any atom is -0.502 e. The average molecular weight is 239 g/mol. The van der Waals surface area contributed by atoms with Gasteiger partial charge < -0.3 is 10.2 Å². The highest BCUT2D eigenvalue weighted by Gasteiger charge is 2.10. The fraction of sp³-hybridized carbons (Fsp3) is 0. The molecule has 88 valence electrons. The van der Waals surface area contributed by atoms with E-state index in [4.69, 9.17) is 0 Å². The molecule has 0 atom stereocenters. The molecule has 0 amide bonds. The second kappa shape index (κ2) is 3.96. The fourth-order valence-corrected chi connectivity index (χ4v) is 1.78. The van der Waals surface area contributed by atoms with E-state index in [0.717, 1.165) is 17.0 Å². The number of aromatic hydroxyl groups is 2. The maximum atomic E-state index is 9.40. The van der Waals surface area contributed by atoms with Gasteiger partial charge in [-0.25, -0.2) is 4.98 Å². The Bertz CT molecular complexity index is 723. The third-order valence-electron chi connectivity index (χ3n) is 2.64. The summed E-state index contributed by atoms with van der Waals surface area (Å²) < 4.78 is 0. The number of nitrogens with zero attached hydrogens (tertiary/aromatic N) is 3. The number of rotatable bonds is 1. The smallest absolute Gasteiger partial charge is 0.258 e. The molecule has 2 heterocycles. The van der Waals surface area contributed by atoms with Crippen LogP contribution in [0, 0.1) is 0 Å². The SMILES string of the molecule is Oc1cnc(-c2nccc3ccccc23)nc1O. The molecule has 0 saturated heterocycles. The Morgan fingerprint density at radius 3 is 2.61 bits per heavy atom. The van der Waals surface area contributed by atoms with E-state index in [0.29, 0.717) is 5.69 Å². The highest BCUT2D eigenvalue weighted by molar-refractivity contribution is 5.92. The Hall–Kier alpha value is -2.69. The van der Waals surface area contributed by atoms with Crippen LogP contribution in [0.1, 0.15) is 0 Å². The number of pyridine rings is 1. The van der Waals surface area contributed by atoms with E-state index >= 15 is 0 Å². The first-order valence-electron chi connectivity index (χ1n) is 5.35. The molecule has 0 saturated carbocycles. The first-order valence-corrected chi connectivity index (χ1v) is 5.35. The zero-order chi connectivity index (χ0) is 12.5. The van der Waals surface area contributed by atoms with Crippen LogP contribution in [0.3, 0.4) is 0 Å². The predicted octanol–water partition coefficient (Wildman–Crippen LogP) is 2.10. The van der Waals surface area contributed by atoms with Crippen molar-refractivity contribution in [3.05, 3.63) is 42.7 Å². The van der Waals surface area contributed by atoms with Gasteiger partial charge in [0, 0.05) is 11.6 Å². The maximum absolute atomic E-state index is 9.40. The van der Waals surface area contributed by atoms with Gasteiger partial charge in [0.15, 0.2) is 11.6 Å². The van der Waals surface area contributed by atoms with Crippen molar-refractivity contribution in [3.63, 3.8) is 0 Å². The van der Waals surface area contributed by atoms with Crippen molar-refractivity contribution in [2.24, 2.45) is 0 Å². The van der Waals surface area contributed by atoms with Crippen LogP contribution in [0.25, 0.3) is 22.3 Å². The van der Waals surface area contributed by atoms with E-state index in [2.05, 4.69) is 15.0 Å². The number of aromatic nitrogens is 3. The Kier molecular flexibility index (Phi) is 2.30. The highest BCUT2D eigenvalue weighted by Crippen LogP contribution is 2.27. The first-order chi connectivity index (χ1) is 8.75. The number of hydrogen-bond acceptors (Lipinski definition) is 5. The Labute approximate surface area is 102 Å². The summed E-state index contributed by atoms with van der Waals surface area (Å²) in [5, 5.41) is 20.5. The highest BCUT2D eigenvalue weighted by atomic mass is 16.3. The van der Waals surface area contributed by atoms with Gasteiger partial charge in [0.05, 0.1) is 6.20 Å². The summed E-state index contributed by atoms with van der Waals surface area (Å²) in [7, 11) is 0. The summed E-state index contributed by atoms with van der Waals surface area (Å²) in [4.78, 5) is 12.0. The normalized spacial score (nSPS) is 10.7. The first kappa shape index (κ1) is 10.5. The van der Waals surface area contributed by atoms with Crippen molar-refractivity contribution in [2.45, 2.75) is 0 Å². The zero-order valence-corrected chi connectivity index (χ0v) is 9.28. The monoisotopic (exact) mass is 239 g/mol. The summed E-state index contributed by atoms with van der Waals surface area (Å²) in [5.74, 6) is -0.518. The van der Waals surface area contributed by atoms with Crippen LogP contribution in [0.15, 0.2) is 42.7 Å². The molecule has 3 aromatic rings. The molecule has 2 aromatic heterocycles. The molecule has 0 aliphatic heterocycles. The van der Waals surface area contributed by atoms with Crippen LogP contribution >= 0.6 is 0 Å². The van der Waals surface area contributed by atoms with Gasteiger partial charge in [-0.2, -0.15) is 4.98 Å². The molecule has 0 unspecified atom stereocenters. The van der Waals surface area contributed by atoms with E-state index in [9.17, 15) is 10.2 Å². The second-order valence-electron chi connectivity index (χ2n) is 3.78. The van der Waals surface area contributed by atoms with Gasteiger partial charge in [0.1, 0.15) is 5.69 Å². The Balaban J connectivity index is 2.28. The van der Waals surface area contributed by atoms with Crippen molar-refractivity contribution >= 4 is 10.8 Å². The Morgan fingerprint density at radius 1 is 0.944 bits per heavy atom. The molecule has 5 nitrogen and oxygen atoms in total. The molecule has 1 aromatic carbocycles. The largest absolute Gasteiger partial charge is 0.502 e. The standard InChI is InChI=1S/C13H9N3O2/c17-10-7-15-12(16-13(10)18)11-9-4-2-1-3-8(9)5-6-14-11/h1-7,17H,(H,15,16,18). The molecule has 0 aliphatic rings. The van der Waals surface area contributed by atoms with Crippen LogP contribution in [0.5, 0.6) is 11.6 Å². The number of fused-ring (bicyclic) bond motifs is 1. The second-order valence-corrected chi connectivity index (χ2v) is 3.78. The maximum Gasteiger partial charge on any atom is 0.258 e. The van der Waals surface area contributed by atoms with Crippen molar-refractivity contribution in [1.82, 2.24) is 15.0 Å². The number of hydrogen-bond donors (Lipinski definition) is 2. The lowest BCUT2D eigenvalue weighted by atomic mass is 10.1. The summed E-state index contributed by atoms with van der Waals surface area (Å²) in [5.41, 5.74) is 0.573. The minimum absolute atomic E-state index is 0.280. The van der Waals surface area contributed by atoms with Crippen molar-refractivity contribution in [3.8, 4) is 23.1 Å². The summed E-state index contributed by atoms with van der Waals surface area (Å²) in [6.45, 7) is 0. The van der Waals surface area contributed by atoms with Crippen LogP contribution in [0.2, 0.25) is 0 Å². The van der Waals surface area contributed by atoms with Gasteiger partial charge in [-0.05, 0) is 11.5 Å². The molecule has 0 spiro atoms. The average Bonchev–Trinajstić information content (AvgIpc) is 2.41. The quantitative estimate of drug-likeness (QED) is 0.679. The molecule has 0 fully saturated rings. The molecule has 2 N–H and O–H groups in total. The van der Waals surface area contributed by atoms with E-state index in [-0.39, 0.29) is 11.6 Å². The van der Waals surface area contributed by atoms with Gasteiger partial charge >= 0.3 is 0 Å². The molecule has 5 heteroatoms. The van der Waals surface area contributed by atoms with Gasteiger partial charge in [-0.15, -0.1) is 0 Å². The summed E-state index contributed by atoms with van der Waals surface area (Å²) in [6.07, 6.45) is 2.81. The van der Waals surface area contributed by atoms with Crippen molar-refractivity contribution in [1.29, 1.82) is 0 Å². The third-order valence-corrected chi connectivity index (χ3v) is 2.64. The molecular formula is C13H9N3O2. The van der Waals surface area contributed by atoms with Crippen LogP contribution < -0.4 is 0 Å². The van der Waals surface area contributed by atoms with Gasteiger partial charge in [0.2, 0.25) is 0 Å². The third kappa shape index (κ3) is 1.62. The van der Waals surface area contributed by atoms with E-state index in [1.807, 2.05) is 30.3 Å². The van der Waals surface area contributed by atoms with Crippen LogP contribution in [0.4, 0.5) is 0 Å². The van der Waals surface area contributed by atoms with Crippen molar-refractivity contribution < 1.29 is 10.2 Å². The molecule has 0 radical (unpaired) electrons. The topological polar surface area (TPSA) is 79.1 Å². The van der Waals surface area contributed by atoms with Gasteiger partial charge in [-0.3, -0.25) is 4.98 Å². The molecule has 3 rings (SSSR count). The van der Waals surface area contributed by atoms with Crippen LogP contribution in [-0.4, -0.2) is 25.2 Å². The van der Waals surface area contributed by atoms with E-state index in [1.165, 1.54) is 0 Å². The molecule has 0 aliphatic carbocycles. The fourth-order valence-electron chi connectivity index (χ4n) is 1.78. The lowest BCUT2D eigenvalue weighted by Crippen LogP contribution is -1.92. The predicted molar refractivity (Wildman–Crippen MR) is 66.1 cm³/mol.